The van der Waals surface area contributed by atoms with Crippen LogP contribution in [0.5, 0.6) is 0 Å². The number of hydrogen-bond acceptors (Lipinski definition) is 7. The number of carbonyl (C=O) groups is 2. The van der Waals surface area contributed by atoms with Gasteiger partial charge in [-0.2, -0.15) is 0 Å². The highest BCUT2D eigenvalue weighted by Gasteiger charge is 2.29. The van der Waals surface area contributed by atoms with Crippen molar-refractivity contribution in [1.29, 1.82) is 0 Å². The van der Waals surface area contributed by atoms with Crippen molar-refractivity contribution < 1.29 is 40.2 Å². The van der Waals surface area contributed by atoms with Crippen LogP contribution in [0.1, 0.15) is 96.8 Å². The van der Waals surface area contributed by atoms with Crippen molar-refractivity contribution in [1.82, 2.24) is 0 Å². The van der Waals surface area contributed by atoms with Gasteiger partial charge < -0.3 is 35.4 Å². The molecule has 0 aliphatic rings. The molecule has 0 radical (unpaired) electrons. The largest absolute Gasteiger partial charge is 0.481 e. The highest BCUT2D eigenvalue weighted by Crippen LogP contribution is 2.10. The predicted octanol–water partition coefficient (Wildman–Crippen LogP) is 2.73. The van der Waals surface area contributed by atoms with E-state index in [1.54, 1.807) is 0 Å². The summed E-state index contributed by atoms with van der Waals surface area (Å²) in [5.41, 5.74) is 0. The Morgan fingerprint density at radius 3 is 1.66 bits per heavy atom. The molecule has 0 aromatic heterocycles. The quantitative estimate of drug-likeness (QED) is 0.0916. The molecule has 0 bridgehead atoms. The SMILES string of the molecule is CCCCCCCC/C=C\CCCCCCCC(=O)O.O=CC(O)C(O)C(O)C(O)CO. The number of allylic oxidation sites excluding steroid dienone is 2. The first-order chi connectivity index (χ1) is 15.3. The molecule has 0 fully saturated rings. The molecule has 4 unspecified atom stereocenters. The van der Waals surface area contributed by atoms with Crippen LogP contribution in [0.4, 0.5) is 0 Å². The van der Waals surface area contributed by atoms with Crippen molar-refractivity contribution in [3.8, 4) is 0 Å². The number of carbonyl (C=O) groups excluding carboxylic acids is 1. The van der Waals surface area contributed by atoms with Gasteiger partial charge in [0.15, 0.2) is 6.29 Å². The maximum Gasteiger partial charge on any atom is 0.303 e. The Morgan fingerprint density at radius 1 is 0.750 bits per heavy atom. The number of aliphatic hydroxyl groups is 5. The van der Waals surface area contributed by atoms with E-state index in [0.717, 1.165) is 12.8 Å². The Kier molecular flexibility index (Phi) is 25.0. The van der Waals surface area contributed by atoms with Crippen LogP contribution in [0.25, 0.3) is 0 Å². The third-order valence-electron chi connectivity index (χ3n) is 5.07. The van der Waals surface area contributed by atoms with Gasteiger partial charge in [0.25, 0.3) is 0 Å². The van der Waals surface area contributed by atoms with Crippen LogP contribution in [0.3, 0.4) is 0 Å². The lowest BCUT2D eigenvalue weighted by Crippen LogP contribution is -2.46. The summed E-state index contributed by atoms with van der Waals surface area (Å²) in [5, 5.41) is 52.0. The standard InChI is InChI=1S/C18H34O2.C6H12O6/c1-2-3-4-5-6-7-8-9-10-11-12-13-14-15-16-17-18(19)20;7-1-3(9)5(11)6(12)4(10)2-8/h9-10H,2-8,11-17H2,1H3,(H,19,20);1,3-6,8-12H,2H2/b10-9-;. The Labute approximate surface area is 193 Å². The fourth-order valence-electron chi connectivity index (χ4n) is 2.97. The summed E-state index contributed by atoms with van der Waals surface area (Å²) < 4.78 is 0. The Morgan fingerprint density at radius 2 is 1.22 bits per heavy atom. The van der Waals surface area contributed by atoms with E-state index in [0.29, 0.717) is 6.42 Å². The highest BCUT2D eigenvalue weighted by molar-refractivity contribution is 5.66. The number of aliphatic carboxylic acids is 1. The maximum absolute atomic E-state index is 10.3. The lowest BCUT2D eigenvalue weighted by Gasteiger charge is -2.22. The Hall–Kier alpha value is -1.32. The van der Waals surface area contributed by atoms with Crippen LogP contribution in [0.15, 0.2) is 12.2 Å². The normalized spacial score (nSPS) is 14.9. The number of rotatable bonds is 20. The third-order valence-corrected chi connectivity index (χ3v) is 5.07. The van der Waals surface area contributed by atoms with E-state index in [-0.39, 0.29) is 6.29 Å². The van der Waals surface area contributed by atoms with E-state index in [2.05, 4.69) is 19.1 Å². The number of carboxylic acid groups (broad SMARTS) is 1. The van der Waals surface area contributed by atoms with Crippen molar-refractivity contribution in [2.24, 2.45) is 0 Å². The zero-order chi connectivity index (χ0) is 24.6. The molecule has 0 amide bonds. The van der Waals surface area contributed by atoms with Crippen LogP contribution in [0.2, 0.25) is 0 Å². The minimum Gasteiger partial charge on any atom is -0.481 e. The summed E-state index contributed by atoms with van der Waals surface area (Å²) in [5.74, 6) is -0.664. The smallest absolute Gasteiger partial charge is 0.303 e. The summed E-state index contributed by atoms with van der Waals surface area (Å²) in [7, 11) is 0. The third kappa shape index (κ3) is 21.9. The average molecular weight is 463 g/mol. The molecule has 0 rings (SSSR count). The fourth-order valence-corrected chi connectivity index (χ4v) is 2.97. The van der Waals surface area contributed by atoms with E-state index in [9.17, 15) is 9.59 Å². The predicted molar refractivity (Wildman–Crippen MR) is 124 cm³/mol. The van der Waals surface area contributed by atoms with Crippen LogP contribution >= 0.6 is 0 Å². The molecular formula is C24H46O8. The molecule has 190 valence electrons. The van der Waals surface area contributed by atoms with Gasteiger partial charge in [-0.15, -0.1) is 0 Å². The zero-order valence-corrected chi connectivity index (χ0v) is 19.6. The molecule has 6 N–H and O–H groups in total. The number of aliphatic hydroxyl groups excluding tert-OH is 5. The molecule has 0 aliphatic carbocycles. The molecule has 4 atom stereocenters. The van der Waals surface area contributed by atoms with Gasteiger partial charge in [0.05, 0.1) is 6.61 Å². The van der Waals surface area contributed by atoms with Crippen LogP contribution in [0, 0.1) is 0 Å². The van der Waals surface area contributed by atoms with Gasteiger partial charge in [-0.1, -0.05) is 70.4 Å². The summed E-state index contributed by atoms with van der Waals surface area (Å²) in [4.78, 5) is 20.2. The first-order valence-corrected chi connectivity index (χ1v) is 12.0. The van der Waals surface area contributed by atoms with Crippen molar-refractivity contribution in [3.05, 3.63) is 12.2 Å². The van der Waals surface area contributed by atoms with Crippen molar-refractivity contribution >= 4 is 12.3 Å². The Bertz CT molecular complexity index is 455. The Balaban J connectivity index is 0. The molecule has 0 saturated heterocycles. The molecule has 8 nitrogen and oxygen atoms in total. The van der Waals surface area contributed by atoms with E-state index in [1.165, 1.54) is 70.6 Å². The van der Waals surface area contributed by atoms with E-state index in [4.69, 9.17) is 30.6 Å². The van der Waals surface area contributed by atoms with Gasteiger partial charge in [-0.3, -0.25) is 4.79 Å². The van der Waals surface area contributed by atoms with E-state index in [1.807, 2.05) is 0 Å². The van der Waals surface area contributed by atoms with Gasteiger partial charge in [-0.25, -0.2) is 0 Å². The molecule has 0 aliphatic heterocycles. The second-order valence-corrected chi connectivity index (χ2v) is 8.09. The molecule has 8 heteroatoms. The fraction of sp³-hybridized carbons (Fsp3) is 0.833. The minimum atomic E-state index is -1.79. The van der Waals surface area contributed by atoms with Gasteiger partial charge in [-0.05, 0) is 32.1 Å². The second-order valence-electron chi connectivity index (χ2n) is 8.09. The topological polar surface area (TPSA) is 156 Å². The number of carboxylic acids is 1. The lowest BCUT2D eigenvalue weighted by atomic mass is 10.0. The summed E-state index contributed by atoms with van der Waals surface area (Å²) in [6, 6.07) is 0. The second kappa shape index (κ2) is 24.3. The summed E-state index contributed by atoms with van der Waals surface area (Å²) in [6.07, 6.45) is 14.4. The molecule has 32 heavy (non-hydrogen) atoms. The molecule has 0 aromatic rings. The maximum atomic E-state index is 10.3. The number of aldehydes is 1. The van der Waals surface area contributed by atoms with Gasteiger partial charge >= 0.3 is 5.97 Å². The first-order valence-electron chi connectivity index (χ1n) is 12.0. The molecular weight excluding hydrogens is 416 g/mol. The monoisotopic (exact) mass is 462 g/mol. The average Bonchev–Trinajstić information content (AvgIpc) is 2.79. The van der Waals surface area contributed by atoms with Gasteiger partial charge in [0.1, 0.15) is 24.4 Å². The van der Waals surface area contributed by atoms with Crippen LogP contribution in [-0.4, -0.2) is 73.9 Å². The highest BCUT2D eigenvalue weighted by atomic mass is 16.4. The summed E-state index contributed by atoms with van der Waals surface area (Å²) in [6.45, 7) is 1.50. The van der Waals surface area contributed by atoms with Crippen LogP contribution in [-0.2, 0) is 9.59 Å². The van der Waals surface area contributed by atoms with Gasteiger partial charge in [0.2, 0.25) is 0 Å². The van der Waals surface area contributed by atoms with Gasteiger partial charge in [0, 0.05) is 6.42 Å². The number of unbranched alkanes of at least 4 members (excludes halogenated alkanes) is 11. The summed E-state index contributed by atoms with van der Waals surface area (Å²) >= 11 is 0. The van der Waals surface area contributed by atoms with Crippen LogP contribution < -0.4 is 0 Å². The lowest BCUT2D eigenvalue weighted by molar-refractivity contribution is -0.137. The molecule has 0 aromatic carbocycles. The van der Waals surface area contributed by atoms with E-state index >= 15 is 0 Å². The molecule has 0 heterocycles. The zero-order valence-electron chi connectivity index (χ0n) is 19.6. The van der Waals surface area contributed by atoms with E-state index < -0.39 is 37.0 Å². The number of hydrogen-bond donors (Lipinski definition) is 6. The minimum absolute atomic E-state index is 0.0258. The molecule has 0 saturated carbocycles. The van der Waals surface area contributed by atoms with Crippen molar-refractivity contribution in [3.63, 3.8) is 0 Å². The first kappa shape index (κ1) is 32.9. The van der Waals surface area contributed by atoms with Crippen molar-refractivity contribution in [2.75, 3.05) is 6.61 Å². The van der Waals surface area contributed by atoms with Crippen molar-refractivity contribution in [2.45, 2.75) is 121 Å². The molecule has 0 spiro atoms.